The molecule has 0 fully saturated rings. The summed E-state index contributed by atoms with van der Waals surface area (Å²) in [6.07, 6.45) is 1.46. The number of halogens is 1. The molecule has 17 heavy (non-hydrogen) atoms. The van der Waals surface area contributed by atoms with Crippen LogP contribution in [0.1, 0.15) is 17.3 Å². The molecule has 0 radical (unpaired) electrons. The Morgan fingerprint density at radius 3 is 2.82 bits per heavy atom. The number of nitrogens with zero attached hydrogens (tertiary/aromatic N) is 3. The molecule has 0 aliphatic carbocycles. The third-order valence-corrected chi connectivity index (χ3v) is 2.17. The van der Waals surface area contributed by atoms with Crippen molar-refractivity contribution in [3.8, 4) is 0 Å². The minimum absolute atomic E-state index is 0.0558. The van der Waals surface area contributed by atoms with Gasteiger partial charge in [0.25, 0.3) is 0 Å². The van der Waals surface area contributed by atoms with Gasteiger partial charge in [-0.3, -0.25) is 4.79 Å². The highest BCUT2D eigenvalue weighted by Gasteiger charge is 2.21. The zero-order valence-electron chi connectivity index (χ0n) is 8.64. The van der Waals surface area contributed by atoms with E-state index in [-0.39, 0.29) is 22.2 Å². The average Bonchev–Trinajstić information content (AvgIpc) is 2.53. The summed E-state index contributed by atoms with van der Waals surface area (Å²) < 4.78 is 1.24. The number of hydrogen-bond donors (Lipinski definition) is 2. The summed E-state index contributed by atoms with van der Waals surface area (Å²) >= 11 is 5.68. The minimum atomic E-state index is -1.24. The Balaban J connectivity index is 2.71. The average molecular weight is 255 g/mol. The lowest BCUT2D eigenvalue weighted by Crippen LogP contribution is -2.10. The van der Waals surface area contributed by atoms with Crippen molar-refractivity contribution in [1.82, 2.24) is 14.6 Å². The number of amides is 1. The molecular weight excluding hydrogens is 248 g/mol. The SMILES string of the molecule is CC(=O)Nc1nn2ccc(Cl)nc2c1C(=O)O. The summed E-state index contributed by atoms with van der Waals surface area (Å²) in [5, 5.41) is 15.4. The van der Waals surface area contributed by atoms with Gasteiger partial charge in [-0.15, -0.1) is 5.10 Å². The van der Waals surface area contributed by atoms with Crippen LogP contribution in [0.2, 0.25) is 5.15 Å². The first-order chi connectivity index (χ1) is 7.99. The molecule has 0 bridgehead atoms. The number of carbonyl (C=O) groups is 2. The number of carbonyl (C=O) groups excluding carboxylic acids is 1. The van der Waals surface area contributed by atoms with Gasteiger partial charge in [0.15, 0.2) is 11.5 Å². The van der Waals surface area contributed by atoms with E-state index in [1.54, 1.807) is 0 Å². The summed E-state index contributed by atoms with van der Waals surface area (Å²) in [5.41, 5.74) is -0.114. The van der Waals surface area contributed by atoms with Crippen molar-refractivity contribution in [2.45, 2.75) is 6.92 Å². The summed E-state index contributed by atoms with van der Waals surface area (Å²) in [6, 6.07) is 1.46. The fourth-order valence-electron chi connectivity index (χ4n) is 1.36. The zero-order valence-corrected chi connectivity index (χ0v) is 9.39. The van der Waals surface area contributed by atoms with Crippen LogP contribution in [0, 0.1) is 0 Å². The van der Waals surface area contributed by atoms with E-state index in [0.29, 0.717) is 0 Å². The number of nitrogens with one attached hydrogen (secondary N) is 1. The van der Waals surface area contributed by atoms with Gasteiger partial charge in [-0.05, 0) is 6.07 Å². The molecule has 7 nitrogen and oxygen atoms in total. The Bertz CT molecular complexity index is 622. The molecule has 0 aliphatic rings. The Morgan fingerprint density at radius 2 is 2.24 bits per heavy atom. The lowest BCUT2D eigenvalue weighted by molar-refractivity contribution is -0.114. The number of carboxylic acid groups (broad SMARTS) is 1. The van der Waals surface area contributed by atoms with Crippen molar-refractivity contribution in [2.24, 2.45) is 0 Å². The largest absolute Gasteiger partial charge is 0.477 e. The maximum atomic E-state index is 11.1. The predicted octanol–water partition coefficient (Wildman–Crippen LogP) is 1.04. The van der Waals surface area contributed by atoms with Gasteiger partial charge in [-0.25, -0.2) is 14.3 Å². The van der Waals surface area contributed by atoms with E-state index in [4.69, 9.17) is 16.7 Å². The molecule has 0 aliphatic heterocycles. The van der Waals surface area contributed by atoms with Gasteiger partial charge in [-0.1, -0.05) is 11.6 Å². The summed E-state index contributed by atoms with van der Waals surface area (Å²) in [6.45, 7) is 1.26. The fourth-order valence-corrected chi connectivity index (χ4v) is 1.49. The van der Waals surface area contributed by atoms with E-state index in [2.05, 4.69) is 15.4 Å². The quantitative estimate of drug-likeness (QED) is 0.781. The van der Waals surface area contributed by atoms with Crippen LogP contribution >= 0.6 is 11.6 Å². The van der Waals surface area contributed by atoms with Crippen molar-refractivity contribution in [2.75, 3.05) is 5.32 Å². The molecule has 0 aromatic carbocycles. The molecule has 0 spiro atoms. The highest BCUT2D eigenvalue weighted by Crippen LogP contribution is 2.20. The standard InChI is InChI=1S/C9H7ClN4O3/c1-4(15)11-7-6(9(16)17)8-12-5(10)2-3-14(8)13-7/h2-3H,1H3,(H,16,17)(H,11,13,15). The number of aromatic nitrogens is 3. The second kappa shape index (κ2) is 4.02. The fraction of sp³-hybridized carbons (Fsp3) is 0.111. The molecule has 2 aromatic heterocycles. The maximum Gasteiger partial charge on any atom is 0.343 e. The number of carboxylic acids is 1. The van der Waals surface area contributed by atoms with Crippen LogP contribution in [-0.2, 0) is 4.79 Å². The molecule has 8 heteroatoms. The van der Waals surface area contributed by atoms with Gasteiger partial charge in [-0.2, -0.15) is 0 Å². The van der Waals surface area contributed by atoms with Gasteiger partial charge >= 0.3 is 5.97 Å². The first-order valence-electron chi connectivity index (χ1n) is 4.55. The molecule has 0 saturated heterocycles. The number of rotatable bonds is 2. The molecule has 0 atom stereocenters. The lowest BCUT2D eigenvalue weighted by atomic mass is 10.3. The highest BCUT2D eigenvalue weighted by molar-refractivity contribution is 6.29. The Kier molecular flexibility index (Phi) is 2.68. The topological polar surface area (TPSA) is 96.6 Å². The van der Waals surface area contributed by atoms with Gasteiger partial charge in [0.05, 0.1) is 0 Å². The number of anilines is 1. The van der Waals surface area contributed by atoms with E-state index < -0.39 is 11.9 Å². The van der Waals surface area contributed by atoms with E-state index in [9.17, 15) is 9.59 Å². The normalized spacial score (nSPS) is 10.5. The first kappa shape index (κ1) is 11.3. The molecule has 2 aromatic rings. The van der Waals surface area contributed by atoms with Crippen LogP contribution in [0.4, 0.5) is 5.82 Å². The summed E-state index contributed by atoms with van der Waals surface area (Å²) in [4.78, 5) is 25.9. The van der Waals surface area contributed by atoms with Crippen LogP contribution in [-0.4, -0.2) is 31.6 Å². The van der Waals surface area contributed by atoms with Gasteiger partial charge < -0.3 is 10.4 Å². The van der Waals surface area contributed by atoms with Gasteiger partial charge in [0.2, 0.25) is 5.91 Å². The third-order valence-electron chi connectivity index (χ3n) is 1.96. The minimum Gasteiger partial charge on any atom is -0.477 e. The Labute approximate surface area is 100 Å². The number of aromatic carboxylic acids is 1. The molecule has 88 valence electrons. The lowest BCUT2D eigenvalue weighted by Gasteiger charge is -1.97. The van der Waals surface area contributed by atoms with Crippen molar-refractivity contribution in [3.05, 3.63) is 23.0 Å². The second-order valence-electron chi connectivity index (χ2n) is 3.23. The number of fused-ring (bicyclic) bond motifs is 1. The van der Waals surface area contributed by atoms with Crippen molar-refractivity contribution in [1.29, 1.82) is 0 Å². The molecular formula is C9H7ClN4O3. The third kappa shape index (κ3) is 2.04. The van der Waals surface area contributed by atoms with Crippen molar-refractivity contribution in [3.63, 3.8) is 0 Å². The Hall–Kier alpha value is -2.15. The van der Waals surface area contributed by atoms with E-state index in [1.807, 2.05) is 0 Å². The van der Waals surface area contributed by atoms with Crippen LogP contribution in [0.5, 0.6) is 0 Å². The Morgan fingerprint density at radius 1 is 1.53 bits per heavy atom. The van der Waals surface area contributed by atoms with Crippen LogP contribution in [0.25, 0.3) is 5.65 Å². The monoisotopic (exact) mass is 254 g/mol. The van der Waals surface area contributed by atoms with Crippen molar-refractivity contribution >= 4 is 34.9 Å². The van der Waals surface area contributed by atoms with Crippen LogP contribution < -0.4 is 5.32 Å². The smallest absolute Gasteiger partial charge is 0.343 e. The van der Waals surface area contributed by atoms with Gasteiger partial charge in [0.1, 0.15) is 10.7 Å². The summed E-state index contributed by atoms with van der Waals surface area (Å²) in [7, 11) is 0. The summed E-state index contributed by atoms with van der Waals surface area (Å²) in [5.74, 6) is -1.71. The predicted molar refractivity (Wildman–Crippen MR) is 59.3 cm³/mol. The maximum absolute atomic E-state index is 11.1. The molecule has 2 rings (SSSR count). The zero-order chi connectivity index (χ0) is 12.6. The van der Waals surface area contributed by atoms with Crippen molar-refractivity contribution < 1.29 is 14.7 Å². The van der Waals surface area contributed by atoms with Gasteiger partial charge in [0, 0.05) is 13.1 Å². The molecule has 1 amide bonds. The highest BCUT2D eigenvalue weighted by atomic mass is 35.5. The first-order valence-corrected chi connectivity index (χ1v) is 4.92. The molecule has 0 saturated carbocycles. The van der Waals surface area contributed by atoms with E-state index in [0.717, 1.165) is 0 Å². The van der Waals surface area contributed by atoms with E-state index >= 15 is 0 Å². The van der Waals surface area contributed by atoms with Crippen LogP contribution in [0.15, 0.2) is 12.3 Å². The van der Waals surface area contributed by atoms with Crippen LogP contribution in [0.3, 0.4) is 0 Å². The number of hydrogen-bond acceptors (Lipinski definition) is 4. The second-order valence-corrected chi connectivity index (χ2v) is 3.62. The molecule has 2 N–H and O–H groups in total. The van der Waals surface area contributed by atoms with E-state index in [1.165, 1.54) is 23.7 Å². The molecule has 0 unspecified atom stereocenters. The molecule has 2 heterocycles.